The number of nitrogens with one attached hydrogen (secondary N) is 1. The molecule has 1 atom stereocenters. The molecule has 0 radical (unpaired) electrons. The number of piperidine rings is 1. The first-order valence-electron chi connectivity index (χ1n) is 9.52. The maximum absolute atomic E-state index is 13.3. The fourth-order valence-corrected chi connectivity index (χ4v) is 5.36. The number of hydrogen-bond acceptors (Lipinski definition) is 5. The van der Waals surface area contributed by atoms with Crippen LogP contribution in [0.1, 0.15) is 36.5 Å². The van der Waals surface area contributed by atoms with Crippen LogP contribution in [0.5, 0.6) is 11.5 Å². The number of rotatable bonds is 6. The molecule has 1 aliphatic heterocycles. The number of methoxy groups -OCH3 is 2. The Kier molecular flexibility index (Phi) is 6.44. The Balaban J connectivity index is 1.93. The van der Waals surface area contributed by atoms with Crippen molar-refractivity contribution in [1.82, 2.24) is 4.31 Å². The molecule has 2 aromatic rings. The fourth-order valence-electron chi connectivity index (χ4n) is 3.48. The Hall–Kier alpha value is -2.58. The van der Waals surface area contributed by atoms with Crippen molar-refractivity contribution in [2.45, 2.75) is 37.1 Å². The van der Waals surface area contributed by atoms with Crippen LogP contribution >= 0.6 is 0 Å². The molecule has 1 fully saturated rings. The van der Waals surface area contributed by atoms with Crippen LogP contribution in [0.15, 0.2) is 47.4 Å². The van der Waals surface area contributed by atoms with E-state index < -0.39 is 15.9 Å². The molecular formula is C21H26N2O5S. The highest BCUT2D eigenvalue weighted by Gasteiger charge is 2.33. The lowest BCUT2D eigenvalue weighted by Gasteiger charge is -2.32. The van der Waals surface area contributed by atoms with E-state index in [-0.39, 0.29) is 22.3 Å². The Morgan fingerprint density at radius 1 is 1.10 bits per heavy atom. The fraction of sp³-hybridized carbons (Fsp3) is 0.381. The smallest absolute Gasteiger partial charge is 0.255 e. The summed E-state index contributed by atoms with van der Waals surface area (Å²) >= 11 is 0. The third kappa shape index (κ3) is 4.54. The highest BCUT2D eigenvalue weighted by atomic mass is 32.2. The second-order valence-corrected chi connectivity index (χ2v) is 8.87. The van der Waals surface area contributed by atoms with Gasteiger partial charge in [-0.3, -0.25) is 4.79 Å². The zero-order chi connectivity index (χ0) is 21.0. The molecule has 0 unspecified atom stereocenters. The number of amides is 1. The third-order valence-corrected chi connectivity index (χ3v) is 7.12. The molecule has 0 aromatic heterocycles. The van der Waals surface area contributed by atoms with Crippen molar-refractivity contribution in [3.8, 4) is 11.5 Å². The van der Waals surface area contributed by atoms with Crippen LogP contribution in [0.25, 0.3) is 0 Å². The molecule has 1 aliphatic rings. The highest BCUT2D eigenvalue weighted by molar-refractivity contribution is 7.89. The van der Waals surface area contributed by atoms with Crippen molar-refractivity contribution >= 4 is 21.6 Å². The molecule has 0 bridgehead atoms. The van der Waals surface area contributed by atoms with Crippen molar-refractivity contribution in [3.63, 3.8) is 0 Å². The summed E-state index contributed by atoms with van der Waals surface area (Å²) in [6.07, 6.45) is 2.65. The van der Waals surface area contributed by atoms with Gasteiger partial charge in [-0.1, -0.05) is 12.5 Å². The van der Waals surface area contributed by atoms with E-state index >= 15 is 0 Å². The van der Waals surface area contributed by atoms with E-state index in [0.29, 0.717) is 18.0 Å². The summed E-state index contributed by atoms with van der Waals surface area (Å²) in [6, 6.07) is 11.3. The Labute approximate surface area is 171 Å². The monoisotopic (exact) mass is 418 g/mol. The summed E-state index contributed by atoms with van der Waals surface area (Å²) < 4.78 is 38.5. The molecule has 3 rings (SSSR count). The molecule has 8 heteroatoms. The van der Waals surface area contributed by atoms with E-state index in [9.17, 15) is 13.2 Å². The first-order chi connectivity index (χ1) is 13.9. The predicted molar refractivity (Wildman–Crippen MR) is 111 cm³/mol. The molecule has 1 amide bonds. The highest BCUT2D eigenvalue weighted by Crippen LogP contribution is 2.32. The molecular weight excluding hydrogens is 392 g/mol. The van der Waals surface area contributed by atoms with Gasteiger partial charge in [0.25, 0.3) is 5.91 Å². The van der Waals surface area contributed by atoms with E-state index in [1.54, 1.807) is 37.4 Å². The summed E-state index contributed by atoms with van der Waals surface area (Å²) in [6.45, 7) is 2.37. The normalized spacial score (nSPS) is 17.6. The maximum Gasteiger partial charge on any atom is 0.255 e. The first-order valence-corrected chi connectivity index (χ1v) is 11.0. The van der Waals surface area contributed by atoms with Gasteiger partial charge in [0.05, 0.1) is 14.2 Å². The average molecular weight is 419 g/mol. The molecule has 1 heterocycles. The molecule has 0 saturated carbocycles. The zero-order valence-electron chi connectivity index (χ0n) is 16.8. The molecule has 29 heavy (non-hydrogen) atoms. The second-order valence-electron chi connectivity index (χ2n) is 7.01. The van der Waals surface area contributed by atoms with Crippen molar-refractivity contribution in [1.29, 1.82) is 0 Å². The average Bonchev–Trinajstić information content (AvgIpc) is 2.73. The lowest BCUT2D eigenvalue weighted by atomic mass is 10.1. The number of anilines is 1. The topological polar surface area (TPSA) is 84.9 Å². The van der Waals surface area contributed by atoms with Gasteiger partial charge in [-0.05, 0) is 50.1 Å². The van der Waals surface area contributed by atoms with Gasteiger partial charge in [0.15, 0.2) is 0 Å². The van der Waals surface area contributed by atoms with Crippen LogP contribution in [0, 0.1) is 0 Å². The van der Waals surface area contributed by atoms with Crippen molar-refractivity contribution in [3.05, 3.63) is 48.0 Å². The minimum absolute atomic E-state index is 0.00652. The van der Waals surface area contributed by atoms with E-state index in [1.165, 1.54) is 23.5 Å². The van der Waals surface area contributed by atoms with Crippen LogP contribution in [0.2, 0.25) is 0 Å². The largest absolute Gasteiger partial charge is 0.497 e. The second kappa shape index (κ2) is 8.84. The van der Waals surface area contributed by atoms with Gasteiger partial charge in [-0.2, -0.15) is 4.31 Å². The zero-order valence-corrected chi connectivity index (χ0v) is 17.7. The number of hydrogen-bond donors (Lipinski definition) is 1. The number of carbonyl (C=O) groups is 1. The van der Waals surface area contributed by atoms with Gasteiger partial charge in [0.2, 0.25) is 10.0 Å². The van der Waals surface area contributed by atoms with E-state index in [4.69, 9.17) is 9.47 Å². The number of ether oxygens (including phenoxy) is 2. The van der Waals surface area contributed by atoms with Gasteiger partial charge in [-0.15, -0.1) is 0 Å². The summed E-state index contributed by atoms with van der Waals surface area (Å²) in [5.74, 6) is 0.421. The van der Waals surface area contributed by atoms with Gasteiger partial charge in [-0.25, -0.2) is 8.42 Å². The number of nitrogens with zero attached hydrogens (tertiary/aromatic N) is 1. The minimum Gasteiger partial charge on any atom is -0.497 e. The van der Waals surface area contributed by atoms with Crippen LogP contribution in [-0.2, 0) is 10.0 Å². The Morgan fingerprint density at radius 2 is 1.90 bits per heavy atom. The molecule has 1 saturated heterocycles. The van der Waals surface area contributed by atoms with E-state index in [1.807, 2.05) is 6.92 Å². The summed E-state index contributed by atoms with van der Waals surface area (Å²) in [5, 5.41) is 2.77. The number of carbonyl (C=O) groups excluding carboxylic acids is 1. The van der Waals surface area contributed by atoms with E-state index in [2.05, 4.69) is 5.32 Å². The van der Waals surface area contributed by atoms with Crippen molar-refractivity contribution in [2.24, 2.45) is 0 Å². The predicted octanol–water partition coefficient (Wildman–Crippen LogP) is 3.52. The minimum atomic E-state index is -3.79. The summed E-state index contributed by atoms with van der Waals surface area (Å²) in [5.41, 5.74) is 0.788. The van der Waals surface area contributed by atoms with E-state index in [0.717, 1.165) is 19.3 Å². The molecule has 0 aliphatic carbocycles. The standard InChI is InChI=1S/C21H26N2O5S/c1-15-7-4-5-12-23(15)29(25,26)20-13-16(10-11-19(20)28-3)21(24)22-17-8-6-9-18(14-17)27-2/h6,8-11,13-15H,4-5,7,12H2,1-3H3,(H,22,24)/t15-/m1/s1. The lowest BCUT2D eigenvalue weighted by molar-refractivity contribution is 0.102. The SMILES string of the molecule is COc1cccc(NC(=O)c2ccc(OC)c(S(=O)(=O)N3CCCC[C@H]3C)c2)c1. The summed E-state index contributed by atoms with van der Waals surface area (Å²) in [4.78, 5) is 12.7. The molecule has 1 N–H and O–H groups in total. The lowest BCUT2D eigenvalue weighted by Crippen LogP contribution is -2.42. The van der Waals surface area contributed by atoms with Gasteiger partial charge >= 0.3 is 0 Å². The van der Waals surface area contributed by atoms with Crippen molar-refractivity contribution < 1.29 is 22.7 Å². The maximum atomic E-state index is 13.3. The summed E-state index contributed by atoms with van der Waals surface area (Å²) in [7, 11) is -0.820. The van der Waals surface area contributed by atoms with Gasteiger partial charge in [0, 0.05) is 29.9 Å². The first kappa shape index (κ1) is 21.1. The molecule has 2 aromatic carbocycles. The van der Waals surface area contributed by atoms with Crippen LogP contribution in [-0.4, -0.2) is 45.4 Å². The van der Waals surface area contributed by atoms with Crippen LogP contribution in [0.3, 0.4) is 0 Å². The number of benzene rings is 2. The third-order valence-electron chi connectivity index (χ3n) is 5.08. The molecule has 7 nitrogen and oxygen atoms in total. The van der Waals surface area contributed by atoms with Crippen LogP contribution < -0.4 is 14.8 Å². The number of sulfonamides is 1. The van der Waals surface area contributed by atoms with Crippen LogP contribution in [0.4, 0.5) is 5.69 Å². The van der Waals surface area contributed by atoms with Gasteiger partial charge in [0.1, 0.15) is 16.4 Å². The van der Waals surface area contributed by atoms with Gasteiger partial charge < -0.3 is 14.8 Å². The molecule has 156 valence electrons. The quantitative estimate of drug-likeness (QED) is 0.776. The van der Waals surface area contributed by atoms with Crippen molar-refractivity contribution in [2.75, 3.05) is 26.1 Å². The Bertz CT molecular complexity index is 990. The molecule has 0 spiro atoms. The Morgan fingerprint density at radius 3 is 2.59 bits per heavy atom.